The quantitative estimate of drug-likeness (QED) is 0.806. The Hall–Kier alpha value is -1.31. The van der Waals surface area contributed by atoms with Gasteiger partial charge in [-0.05, 0) is 24.8 Å². The van der Waals surface area contributed by atoms with E-state index in [-0.39, 0.29) is 17.7 Å². The van der Waals surface area contributed by atoms with Crippen LogP contribution >= 0.6 is 0 Å². The third-order valence-corrected chi connectivity index (χ3v) is 2.96. The number of rotatable bonds is 4. The molecular weight excluding hydrogens is 186 g/mol. The normalized spacial score (nSPS) is 14.6. The number of carbonyl (C=O) groups excluding carboxylic acids is 1. The maximum absolute atomic E-state index is 11.2. The Morgan fingerprint density at radius 3 is 2.60 bits per heavy atom. The molecule has 2 nitrogen and oxygen atoms in total. The molecule has 2 unspecified atom stereocenters. The van der Waals surface area contributed by atoms with Crippen molar-refractivity contribution in [2.45, 2.75) is 33.1 Å². The summed E-state index contributed by atoms with van der Waals surface area (Å²) >= 11 is 0. The number of amides is 1. The molecule has 0 aliphatic rings. The van der Waals surface area contributed by atoms with E-state index in [9.17, 15) is 4.79 Å². The highest BCUT2D eigenvalue weighted by Crippen LogP contribution is 2.28. The second-order valence-electron chi connectivity index (χ2n) is 4.12. The third kappa shape index (κ3) is 2.82. The van der Waals surface area contributed by atoms with E-state index < -0.39 is 0 Å². The van der Waals surface area contributed by atoms with Gasteiger partial charge in [-0.1, -0.05) is 43.7 Å². The molecule has 0 fully saturated rings. The first-order valence-corrected chi connectivity index (χ1v) is 5.42. The minimum Gasteiger partial charge on any atom is -0.369 e. The molecule has 15 heavy (non-hydrogen) atoms. The molecule has 0 saturated heterocycles. The van der Waals surface area contributed by atoms with Gasteiger partial charge in [0, 0.05) is 5.92 Å². The fourth-order valence-corrected chi connectivity index (χ4v) is 1.98. The highest BCUT2D eigenvalue weighted by atomic mass is 16.1. The molecule has 0 bridgehead atoms. The minimum absolute atomic E-state index is 0.100. The Labute approximate surface area is 91.5 Å². The minimum atomic E-state index is -0.219. The Morgan fingerprint density at radius 2 is 2.13 bits per heavy atom. The lowest BCUT2D eigenvalue weighted by Crippen LogP contribution is -2.26. The van der Waals surface area contributed by atoms with Gasteiger partial charge in [0.2, 0.25) is 5.91 Å². The van der Waals surface area contributed by atoms with E-state index in [1.807, 2.05) is 13.0 Å². The van der Waals surface area contributed by atoms with Gasteiger partial charge in [0.25, 0.3) is 0 Å². The second-order valence-corrected chi connectivity index (χ2v) is 4.12. The van der Waals surface area contributed by atoms with Crippen molar-refractivity contribution in [3.63, 3.8) is 0 Å². The van der Waals surface area contributed by atoms with Gasteiger partial charge >= 0.3 is 0 Å². The summed E-state index contributed by atoms with van der Waals surface area (Å²) in [4.78, 5) is 11.2. The molecule has 82 valence electrons. The zero-order valence-electron chi connectivity index (χ0n) is 9.66. The summed E-state index contributed by atoms with van der Waals surface area (Å²) in [6.07, 6.45) is 0.938. The molecule has 0 saturated carbocycles. The SMILES string of the molecule is CCC(c1cccc(C)c1)C(C)C(N)=O. The summed E-state index contributed by atoms with van der Waals surface area (Å²) in [7, 11) is 0. The molecule has 0 aromatic heterocycles. The number of benzene rings is 1. The van der Waals surface area contributed by atoms with Gasteiger partial charge in [-0.25, -0.2) is 0 Å². The maximum Gasteiger partial charge on any atom is 0.220 e. The average molecular weight is 205 g/mol. The van der Waals surface area contributed by atoms with Gasteiger partial charge < -0.3 is 5.73 Å². The van der Waals surface area contributed by atoms with Crippen LogP contribution in [-0.4, -0.2) is 5.91 Å². The van der Waals surface area contributed by atoms with Gasteiger partial charge in [-0.3, -0.25) is 4.79 Å². The maximum atomic E-state index is 11.2. The molecule has 0 radical (unpaired) electrons. The summed E-state index contributed by atoms with van der Waals surface area (Å²) in [5, 5.41) is 0. The number of primary amides is 1. The summed E-state index contributed by atoms with van der Waals surface area (Å²) in [5.41, 5.74) is 7.79. The van der Waals surface area contributed by atoms with Crippen LogP contribution in [0.2, 0.25) is 0 Å². The summed E-state index contributed by atoms with van der Waals surface area (Å²) in [6.45, 7) is 6.05. The molecule has 1 rings (SSSR count). The molecule has 1 aromatic carbocycles. The van der Waals surface area contributed by atoms with Crippen molar-refractivity contribution < 1.29 is 4.79 Å². The molecule has 2 heteroatoms. The van der Waals surface area contributed by atoms with Gasteiger partial charge in [0.05, 0.1) is 0 Å². The number of hydrogen-bond acceptors (Lipinski definition) is 1. The van der Waals surface area contributed by atoms with Crippen LogP contribution in [0.1, 0.15) is 37.3 Å². The van der Waals surface area contributed by atoms with Gasteiger partial charge in [-0.2, -0.15) is 0 Å². The second kappa shape index (κ2) is 4.96. The summed E-state index contributed by atoms with van der Waals surface area (Å²) in [6, 6.07) is 8.29. The van der Waals surface area contributed by atoms with Crippen LogP contribution < -0.4 is 5.73 Å². The lowest BCUT2D eigenvalue weighted by Gasteiger charge is -2.20. The number of carbonyl (C=O) groups is 1. The van der Waals surface area contributed by atoms with Gasteiger partial charge in [0.1, 0.15) is 0 Å². The van der Waals surface area contributed by atoms with Crippen LogP contribution in [0.3, 0.4) is 0 Å². The van der Waals surface area contributed by atoms with Crippen LogP contribution in [-0.2, 0) is 4.79 Å². The van der Waals surface area contributed by atoms with E-state index in [1.165, 1.54) is 11.1 Å². The highest BCUT2D eigenvalue weighted by Gasteiger charge is 2.21. The average Bonchev–Trinajstić information content (AvgIpc) is 2.18. The lowest BCUT2D eigenvalue weighted by atomic mass is 9.84. The third-order valence-electron chi connectivity index (χ3n) is 2.96. The standard InChI is InChI=1S/C13H19NO/c1-4-12(10(3)13(14)15)11-7-5-6-9(2)8-11/h5-8,10,12H,4H2,1-3H3,(H2,14,15). The first-order chi connectivity index (χ1) is 7.06. The zero-order valence-corrected chi connectivity index (χ0v) is 9.66. The van der Waals surface area contributed by atoms with Gasteiger partial charge in [-0.15, -0.1) is 0 Å². The predicted molar refractivity (Wildman–Crippen MR) is 62.6 cm³/mol. The number of hydrogen-bond donors (Lipinski definition) is 1. The molecule has 1 amide bonds. The molecular formula is C13H19NO. The number of nitrogens with two attached hydrogens (primary N) is 1. The molecule has 0 spiro atoms. The molecule has 2 atom stereocenters. The van der Waals surface area contributed by atoms with Crippen LogP contribution in [0.5, 0.6) is 0 Å². The first-order valence-electron chi connectivity index (χ1n) is 5.42. The largest absolute Gasteiger partial charge is 0.369 e. The Kier molecular flexibility index (Phi) is 3.89. The van der Waals surface area contributed by atoms with Crippen molar-refractivity contribution in [3.05, 3.63) is 35.4 Å². The fourth-order valence-electron chi connectivity index (χ4n) is 1.98. The topological polar surface area (TPSA) is 43.1 Å². The zero-order chi connectivity index (χ0) is 11.4. The smallest absolute Gasteiger partial charge is 0.220 e. The van der Waals surface area contributed by atoms with E-state index in [1.54, 1.807) is 0 Å². The van der Waals surface area contributed by atoms with E-state index in [4.69, 9.17) is 5.73 Å². The molecule has 2 N–H and O–H groups in total. The van der Waals surface area contributed by atoms with Crippen LogP contribution in [0.15, 0.2) is 24.3 Å². The Balaban J connectivity index is 2.97. The van der Waals surface area contributed by atoms with Crippen LogP contribution in [0.4, 0.5) is 0 Å². The van der Waals surface area contributed by atoms with Gasteiger partial charge in [0.15, 0.2) is 0 Å². The lowest BCUT2D eigenvalue weighted by molar-refractivity contribution is -0.122. The first kappa shape index (κ1) is 11.8. The van der Waals surface area contributed by atoms with E-state index >= 15 is 0 Å². The van der Waals surface area contributed by atoms with Crippen molar-refractivity contribution in [2.24, 2.45) is 11.7 Å². The van der Waals surface area contributed by atoms with Crippen molar-refractivity contribution in [1.82, 2.24) is 0 Å². The monoisotopic (exact) mass is 205 g/mol. The molecule has 1 aromatic rings. The number of aryl methyl sites for hydroxylation is 1. The highest BCUT2D eigenvalue weighted by molar-refractivity contribution is 5.77. The van der Waals surface area contributed by atoms with Crippen molar-refractivity contribution >= 4 is 5.91 Å². The van der Waals surface area contributed by atoms with Crippen LogP contribution in [0, 0.1) is 12.8 Å². The fraction of sp³-hybridized carbons (Fsp3) is 0.462. The van der Waals surface area contributed by atoms with E-state index in [0.29, 0.717) is 0 Å². The molecule has 0 heterocycles. The molecule has 0 aliphatic heterocycles. The Morgan fingerprint density at radius 1 is 1.47 bits per heavy atom. The Bertz CT molecular complexity index is 346. The summed E-state index contributed by atoms with van der Waals surface area (Å²) in [5.74, 6) is -0.0810. The van der Waals surface area contributed by atoms with Crippen molar-refractivity contribution in [3.8, 4) is 0 Å². The van der Waals surface area contributed by atoms with Crippen molar-refractivity contribution in [2.75, 3.05) is 0 Å². The van der Waals surface area contributed by atoms with E-state index in [0.717, 1.165) is 6.42 Å². The van der Waals surface area contributed by atoms with E-state index in [2.05, 4.69) is 32.0 Å². The van der Waals surface area contributed by atoms with Crippen molar-refractivity contribution in [1.29, 1.82) is 0 Å². The summed E-state index contributed by atoms with van der Waals surface area (Å²) < 4.78 is 0. The predicted octanol–water partition coefficient (Wildman–Crippen LogP) is 2.61. The molecule has 0 aliphatic carbocycles. The van der Waals surface area contributed by atoms with Crippen LogP contribution in [0.25, 0.3) is 0 Å².